The molecule has 0 fully saturated rings. The molecule has 3 heteroatoms. The van der Waals surface area contributed by atoms with Crippen molar-refractivity contribution in [3.05, 3.63) is 54.0 Å². The molecule has 0 aliphatic carbocycles. The van der Waals surface area contributed by atoms with Gasteiger partial charge in [0.2, 0.25) is 0 Å². The minimum absolute atomic E-state index is 0.265. The molecule has 2 aromatic rings. The number of para-hydroxylation sites is 1. The lowest BCUT2D eigenvalue weighted by atomic mass is 10.1. The highest BCUT2D eigenvalue weighted by Gasteiger charge is 2.22. The second kappa shape index (κ2) is 4.02. The molecule has 3 nitrogen and oxygen atoms in total. The fraction of sp³-hybridized carbons (Fsp3) is 0.231. The van der Waals surface area contributed by atoms with E-state index in [4.69, 9.17) is 9.15 Å². The second-order valence-electron chi connectivity index (χ2n) is 3.86. The van der Waals surface area contributed by atoms with Gasteiger partial charge in [0.05, 0.1) is 18.8 Å². The van der Waals surface area contributed by atoms with E-state index in [0.717, 1.165) is 18.1 Å². The van der Waals surface area contributed by atoms with Gasteiger partial charge >= 0.3 is 0 Å². The molecule has 2 heterocycles. The lowest BCUT2D eigenvalue weighted by Crippen LogP contribution is -2.21. The van der Waals surface area contributed by atoms with Crippen LogP contribution in [-0.4, -0.2) is 6.61 Å². The van der Waals surface area contributed by atoms with Gasteiger partial charge in [0.15, 0.2) is 0 Å². The van der Waals surface area contributed by atoms with Gasteiger partial charge < -0.3 is 9.15 Å². The summed E-state index contributed by atoms with van der Waals surface area (Å²) < 4.78 is 10.9. The molecule has 0 radical (unpaired) electrons. The summed E-state index contributed by atoms with van der Waals surface area (Å²) in [6.07, 6.45) is 1.69. The van der Waals surface area contributed by atoms with E-state index in [-0.39, 0.29) is 6.04 Å². The summed E-state index contributed by atoms with van der Waals surface area (Å²) in [5.41, 5.74) is 1.23. The van der Waals surface area contributed by atoms with E-state index in [9.17, 15) is 0 Å². The Balaban J connectivity index is 1.69. The van der Waals surface area contributed by atoms with Crippen molar-refractivity contribution in [2.45, 2.75) is 12.6 Å². The summed E-state index contributed by atoms with van der Waals surface area (Å²) in [6.45, 7) is 1.43. The molecule has 1 aromatic heterocycles. The van der Waals surface area contributed by atoms with Gasteiger partial charge in [-0.05, 0) is 18.2 Å². The van der Waals surface area contributed by atoms with Crippen LogP contribution in [0.5, 0.6) is 5.75 Å². The fourth-order valence-corrected chi connectivity index (χ4v) is 1.97. The van der Waals surface area contributed by atoms with Crippen molar-refractivity contribution in [2.75, 3.05) is 6.61 Å². The number of furan rings is 1. The molecule has 3 rings (SSSR count). The number of fused-ring (bicyclic) bond motifs is 1. The summed E-state index contributed by atoms with van der Waals surface area (Å²) in [7, 11) is 0. The van der Waals surface area contributed by atoms with Crippen molar-refractivity contribution in [1.82, 2.24) is 5.32 Å². The molecular formula is C13H13NO2. The van der Waals surface area contributed by atoms with Gasteiger partial charge in [-0.3, -0.25) is 5.32 Å². The lowest BCUT2D eigenvalue weighted by Gasteiger charge is -2.09. The van der Waals surface area contributed by atoms with Crippen LogP contribution in [0.1, 0.15) is 17.4 Å². The third-order valence-electron chi connectivity index (χ3n) is 2.80. The average Bonchev–Trinajstić information content (AvgIpc) is 2.96. The van der Waals surface area contributed by atoms with Gasteiger partial charge in [0, 0.05) is 5.56 Å². The van der Waals surface area contributed by atoms with Gasteiger partial charge in [0.25, 0.3) is 0 Å². The highest BCUT2D eigenvalue weighted by Crippen LogP contribution is 2.31. The zero-order valence-electron chi connectivity index (χ0n) is 8.85. The predicted molar refractivity (Wildman–Crippen MR) is 60.2 cm³/mol. The topological polar surface area (TPSA) is 34.4 Å². The minimum atomic E-state index is 0.265. The van der Waals surface area contributed by atoms with E-state index in [0.29, 0.717) is 6.61 Å². The third kappa shape index (κ3) is 1.70. The Kier molecular flexibility index (Phi) is 2.38. The van der Waals surface area contributed by atoms with E-state index in [1.165, 1.54) is 5.56 Å². The molecule has 0 saturated carbocycles. The molecule has 1 aromatic carbocycles. The van der Waals surface area contributed by atoms with Gasteiger partial charge in [0.1, 0.15) is 18.1 Å². The van der Waals surface area contributed by atoms with Crippen molar-refractivity contribution in [1.29, 1.82) is 0 Å². The molecule has 1 N–H and O–H groups in total. The van der Waals surface area contributed by atoms with Crippen molar-refractivity contribution in [3.63, 3.8) is 0 Å². The van der Waals surface area contributed by atoms with Crippen LogP contribution in [0.25, 0.3) is 0 Å². The normalized spacial score (nSPS) is 18.1. The number of nitrogens with one attached hydrogen (secondary N) is 1. The first-order chi connectivity index (χ1) is 7.93. The summed E-state index contributed by atoms with van der Waals surface area (Å²) in [4.78, 5) is 0. The SMILES string of the molecule is c1coc(CNC2COc3ccccc32)c1. The predicted octanol–water partition coefficient (Wildman–Crippen LogP) is 2.50. The molecule has 0 spiro atoms. The first-order valence-corrected chi connectivity index (χ1v) is 5.41. The highest BCUT2D eigenvalue weighted by molar-refractivity contribution is 5.39. The summed E-state index contributed by atoms with van der Waals surface area (Å²) >= 11 is 0. The van der Waals surface area contributed by atoms with Crippen LogP contribution in [0.2, 0.25) is 0 Å². The maximum Gasteiger partial charge on any atom is 0.124 e. The van der Waals surface area contributed by atoms with Gasteiger partial charge in [-0.25, -0.2) is 0 Å². The summed E-state index contributed by atoms with van der Waals surface area (Å²) in [6, 6.07) is 12.3. The first kappa shape index (κ1) is 9.48. The lowest BCUT2D eigenvalue weighted by molar-refractivity contribution is 0.306. The molecule has 0 saturated heterocycles. The van der Waals surface area contributed by atoms with Crippen LogP contribution in [-0.2, 0) is 6.54 Å². The minimum Gasteiger partial charge on any atom is -0.491 e. The summed E-state index contributed by atoms with van der Waals surface area (Å²) in [5, 5.41) is 3.42. The van der Waals surface area contributed by atoms with E-state index < -0.39 is 0 Å². The van der Waals surface area contributed by atoms with E-state index >= 15 is 0 Å². The molecule has 1 atom stereocenters. The van der Waals surface area contributed by atoms with Crippen LogP contribution in [0.4, 0.5) is 0 Å². The Morgan fingerprint density at radius 3 is 3.00 bits per heavy atom. The maximum absolute atomic E-state index is 5.59. The van der Waals surface area contributed by atoms with Gasteiger partial charge in [-0.2, -0.15) is 0 Å². The number of benzene rings is 1. The summed E-state index contributed by atoms with van der Waals surface area (Å²) in [5.74, 6) is 1.93. The molecule has 16 heavy (non-hydrogen) atoms. The Morgan fingerprint density at radius 2 is 2.12 bits per heavy atom. The number of hydrogen-bond acceptors (Lipinski definition) is 3. The van der Waals surface area contributed by atoms with Crippen LogP contribution in [0, 0.1) is 0 Å². The monoisotopic (exact) mass is 215 g/mol. The molecule has 0 amide bonds. The van der Waals surface area contributed by atoms with Gasteiger partial charge in [-0.15, -0.1) is 0 Å². The van der Waals surface area contributed by atoms with Crippen molar-refractivity contribution < 1.29 is 9.15 Å². The zero-order valence-corrected chi connectivity index (χ0v) is 8.85. The molecule has 1 aliphatic rings. The van der Waals surface area contributed by atoms with Crippen molar-refractivity contribution >= 4 is 0 Å². The maximum atomic E-state index is 5.59. The highest BCUT2D eigenvalue weighted by atomic mass is 16.5. The number of ether oxygens (including phenoxy) is 1. The number of hydrogen-bond donors (Lipinski definition) is 1. The van der Waals surface area contributed by atoms with Crippen molar-refractivity contribution in [3.8, 4) is 5.75 Å². The fourth-order valence-electron chi connectivity index (χ4n) is 1.97. The number of rotatable bonds is 3. The standard InChI is InChI=1S/C13H13NO2/c1-2-6-13-11(5-1)12(9-16-13)14-8-10-4-3-7-15-10/h1-7,12,14H,8-9H2. The van der Waals surface area contributed by atoms with Crippen LogP contribution in [0.15, 0.2) is 47.1 Å². The Hall–Kier alpha value is -1.74. The quantitative estimate of drug-likeness (QED) is 0.854. The van der Waals surface area contributed by atoms with E-state index in [1.807, 2.05) is 30.3 Å². The van der Waals surface area contributed by atoms with Gasteiger partial charge in [-0.1, -0.05) is 18.2 Å². The zero-order chi connectivity index (χ0) is 10.8. The first-order valence-electron chi connectivity index (χ1n) is 5.41. The van der Waals surface area contributed by atoms with Crippen molar-refractivity contribution in [2.24, 2.45) is 0 Å². The Labute approximate surface area is 94.0 Å². The average molecular weight is 215 g/mol. The Morgan fingerprint density at radius 1 is 1.19 bits per heavy atom. The third-order valence-corrected chi connectivity index (χ3v) is 2.80. The van der Waals surface area contributed by atoms with Crippen LogP contribution < -0.4 is 10.1 Å². The van der Waals surface area contributed by atoms with Crippen LogP contribution >= 0.6 is 0 Å². The van der Waals surface area contributed by atoms with E-state index in [2.05, 4.69) is 11.4 Å². The van der Waals surface area contributed by atoms with E-state index in [1.54, 1.807) is 6.26 Å². The largest absolute Gasteiger partial charge is 0.491 e. The smallest absolute Gasteiger partial charge is 0.124 e. The second-order valence-corrected chi connectivity index (χ2v) is 3.86. The molecular weight excluding hydrogens is 202 g/mol. The molecule has 1 aliphatic heterocycles. The van der Waals surface area contributed by atoms with Crippen LogP contribution in [0.3, 0.4) is 0 Å². The molecule has 1 unspecified atom stereocenters. The molecule has 0 bridgehead atoms. The molecule has 82 valence electrons. The Bertz CT molecular complexity index is 465.